The van der Waals surface area contributed by atoms with Gasteiger partial charge in [-0.1, -0.05) is 29.8 Å². The van der Waals surface area contributed by atoms with Crippen LogP contribution in [-0.4, -0.2) is 31.0 Å². The summed E-state index contributed by atoms with van der Waals surface area (Å²) in [4.78, 5) is 0. The molecule has 2 N–H and O–H groups in total. The maximum absolute atomic E-state index is 10.1. The Bertz CT molecular complexity index is 346. The fourth-order valence-electron chi connectivity index (χ4n) is 1.76. The summed E-state index contributed by atoms with van der Waals surface area (Å²) in [6.07, 6.45) is 0.636. The van der Waals surface area contributed by atoms with Crippen molar-refractivity contribution in [2.75, 3.05) is 20.3 Å². The summed E-state index contributed by atoms with van der Waals surface area (Å²) in [5.41, 5.74) is 1.77. The SMILES string of the molecule is COCCC(C)(O)CNC(C)c1ccc(C)cc1. The fourth-order valence-corrected chi connectivity index (χ4v) is 1.76. The van der Waals surface area contributed by atoms with Crippen molar-refractivity contribution in [3.8, 4) is 0 Å². The molecule has 2 unspecified atom stereocenters. The van der Waals surface area contributed by atoms with E-state index in [0.29, 0.717) is 19.6 Å². The van der Waals surface area contributed by atoms with Gasteiger partial charge in [0, 0.05) is 32.7 Å². The lowest BCUT2D eigenvalue weighted by Gasteiger charge is -2.26. The highest BCUT2D eigenvalue weighted by atomic mass is 16.5. The van der Waals surface area contributed by atoms with Crippen LogP contribution in [0, 0.1) is 6.92 Å². The van der Waals surface area contributed by atoms with Crippen LogP contribution in [0.25, 0.3) is 0 Å². The first-order chi connectivity index (χ1) is 8.44. The highest BCUT2D eigenvalue weighted by Crippen LogP contribution is 2.15. The highest BCUT2D eigenvalue weighted by molar-refractivity contribution is 5.23. The lowest BCUT2D eigenvalue weighted by molar-refractivity contribution is 0.0231. The molecule has 102 valence electrons. The standard InChI is InChI=1S/C15H25NO2/c1-12-5-7-14(8-6-12)13(2)16-11-15(3,17)9-10-18-4/h5-8,13,16-17H,9-11H2,1-4H3. The predicted octanol–water partition coefficient (Wildman–Crippen LogP) is 2.43. The highest BCUT2D eigenvalue weighted by Gasteiger charge is 2.20. The van der Waals surface area contributed by atoms with E-state index in [-0.39, 0.29) is 6.04 Å². The number of ether oxygens (including phenoxy) is 1. The van der Waals surface area contributed by atoms with Crippen LogP contribution in [-0.2, 0) is 4.74 Å². The molecular weight excluding hydrogens is 226 g/mol. The normalized spacial score (nSPS) is 16.3. The molecule has 0 saturated heterocycles. The number of hydrogen-bond acceptors (Lipinski definition) is 3. The van der Waals surface area contributed by atoms with Crippen LogP contribution in [0.1, 0.15) is 37.4 Å². The van der Waals surface area contributed by atoms with Crippen LogP contribution in [0.15, 0.2) is 24.3 Å². The molecule has 0 spiro atoms. The Kier molecular flexibility index (Phi) is 5.79. The van der Waals surface area contributed by atoms with Gasteiger partial charge < -0.3 is 15.2 Å². The van der Waals surface area contributed by atoms with Gasteiger partial charge in [0.25, 0.3) is 0 Å². The molecular formula is C15H25NO2. The van der Waals surface area contributed by atoms with Crippen molar-refractivity contribution in [2.24, 2.45) is 0 Å². The summed E-state index contributed by atoms with van der Waals surface area (Å²) in [5.74, 6) is 0. The first kappa shape index (κ1) is 15.2. The zero-order chi connectivity index (χ0) is 13.6. The van der Waals surface area contributed by atoms with Crippen molar-refractivity contribution in [3.05, 3.63) is 35.4 Å². The Morgan fingerprint density at radius 2 is 1.94 bits per heavy atom. The second-order valence-electron chi connectivity index (χ2n) is 5.25. The third-order valence-electron chi connectivity index (χ3n) is 3.21. The molecule has 0 radical (unpaired) electrons. The van der Waals surface area contributed by atoms with E-state index in [1.807, 2.05) is 6.92 Å². The van der Waals surface area contributed by atoms with Gasteiger partial charge in [-0.3, -0.25) is 0 Å². The van der Waals surface area contributed by atoms with Crippen molar-refractivity contribution >= 4 is 0 Å². The number of benzene rings is 1. The van der Waals surface area contributed by atoms with E-state index in [2.05, 4.69) is 43.4 Å². The minimum absolute atomic E-state index is 0.236. The fraction of sp³-hybridized carbons (Fsp3) is 0.600. The van der Waals surface area contributed by atoms with E-state index in [4.69, 9.17) is 4.74 Å². The van der Waals surface area contributed by atoms with Crippen molar-refractivity contribution in [3.63, 3.8) is 0 Å². The summed E-state index contributed by atoms with van der Waals surface area (Å²) < 4.78 is 4.99. The molecule has 0 aliphatic heterocycles. The number of rotatable bonds is 7. The van der Waals surface area contributed by atoms with Gasteiger partial charge in [-0.05, 0) is 26.3 Å². The Balaban J connectivity index is 2.45. The van der Waals surface area contributed by atoms with E-state index in [0.717, 1.165) is 0 Å². The van der Waals surface area contributed by atoms with Gasteiger partial charge in [0.15, 0.2) is 0 Å². The first-order valence-corrected chi connectivity index (χ1v) is 6.46. The second kappa shape index (κ2) is 6.88. The van der Waals surface area contributed by atoms with Crippen LogP contribution < -0.4 is 5.32 Å². The Morgan fingerprint density at radius 3 is 2.50 bits per heavy atom. The van der Waals surface area contributed by atoms with Crippen molar-refractivity contribution in [1.82, 2.24) is 5.32 Å². The summed E-state index contributed by atoms with van der Waals surface area (Å²) in [5, 5.41) is 13.5. The van der Waals surface area contributed by atoms with Crippen molar-refractivity contribution < 1.29 is 9.84 Å². The summed E-state index contributed by atoms with van der Waals surface area (Å²) in [6.45, 7) is 7.16. The molecule has 0 aliphatic rings. The number of hydrogen-bond donors (Lipinski definition) is 2. The van der Waals surface area contributed by atoms with Crippen LogP contribution in [0.3, 0.4) is 0 Å². The van der Waals surface area contributed by atoms with Crippen LogP contribution in [0.4, 0.5) is 0 Å². The van der Waals surface area contributed by atoms with Crippen molar-refractivity contribution in [1.29, 1.82) is 0 Å². The van der Waals surface area contributed by atoms with Crippen LogP contribution in [0.2, 0.25) is 0 Å². The van der Waals surface area contributed by atoms with Gasteiger partial charge >= 0.3 is 0 Å². The van der Waals surface area contributed by atoms with Gasteiger partial charge in [-0.2, -0.15) is 0 Å². The number of aryl methyl sites for hydroxylation is 1. The molecule has 1 aromatic rings. The maximum atomic E-state index is 10.1. The second-order valence-corrected chi connectivity index (χ2v) is 5.25. The molecule has 0 heterocycles. The number of nitrogens with one attached hydrogen (secondary N) is 1. The van der Waals surface area contributed by atoms with Gasteiger partial charge in [0.05, 0.1) is 5.60 Å². The molecule has 0 saturated carbocycles. The summed E-state index contributed by atoms with van der Waals surface area (Å²) in [7, 11) is 1.65. The van der Waals surface area contributed by atoms with Gasteiger partial charge in [0.1, 0.15) is 0 Å². The first-order valence-electron chi connectivity index (χ1n) is 6.46. The zero-order valence-corrected chi connectivity index (χ0v) is 11.9. The van der Waals surface area contributed by atoms with E-state index in [1.54, 1.807) is 7.11 Å². The van der Waals surface area contributed by atoms with E-state index in [1.165, 1.54) is 11.1 Å². The Hall–Kier alpha value is -0.900. The molecule has 3 heteroatoms. The molecule has 0 aromatic heterocycles. The predicted molar refractivity (Wildman–Crippen MR) is 74.7 cm³/mol. The quantitative estimate of drug-likeness (QED) is 0.782. The molecule has 2 atom stereocenters. The number of aliphatic hydroxyl groups is 1. The van der Waals surface area contributed by atoms with Crippen LogP contribution in [0.5, 0.6) is 0 Å². The van der Waals surface area contributed by atoms with E-state index < -0.39 is 5.60 Å². The van der Waals surface area contributed by atoms with Gasteiger partial charge in [-0.25, -0.2) is 0 Å². The number of methoxy groups -OCH3 is 1. The smallest absolute Gasteiger partial charge is 0.0765 e. The molecule has 1 rings (SSSR count). The lowest BCUT2D eigenvalue weighted by atomic mass is 10.0. The molecule has 0 fully saturated rings. The zero-order valence-electron chi connectivity index (χ0n) is 11.9. The molecule has 18 heavy (non-hydrogen) atoms. The lowest BCUT2D eigenvalue weighted by Crippen LogP contribution is -2.39. The monoisotopic (exact) mass is 251 g/mol. The van der Waals surface area contributed by atoms with E-state index >= 15 is 0 Å². The molecule has 1 aromatic carbocycles. The largest absolute Gasteiger partial charge is 0.389 e. The van der Waals surface area contributed by atoms with Gasteiger partial charge in [0.2, 0.25) is 0 Å². The maximum Gasteiger partial charge on any atom is 0.0765 e. The summed E-state index contributed by atoms with van der Waals surface area (Å²) in [6, 6.07) is 8.69. The molecule has 3 nitrogen and oxygen atoms in total. The average Bonchev–Trinajstić information content (AvgIpc) is 2.35. The average molecular weight is 251 g/mol. The minimum atomic E-state index is -0.727. The molecule has 0 amide bonds. The minimum Gasteiger partial charge on any atom is -0.389 e. The van der Waals surface area contributed by atoms with Crippen LogP contribution >= 0.6 is 0 Å². The summed E-state index contributed by atoms with van der Waals surface area (Å²) >= 11 is 0. The third-order valence-corrected chi connectivity index (χ3v) is 3.21. The Morgan fingerprint density at radius 1 is 1.33 bits per heavy atom. The molecule has 0 aliphatic carbocycles. The third kappa shape index (κ3) is 5.17. The topological polar surface area (TPSA) is 41.5 Å². The Labute approximate surface area is 110 Å². The molecule has 0 bridgehead atoms. The van der Waals surface area contributed by atoms with E-state index in [9.17, 15) is 5.11 Å². The van der Waals surface area contributed by atoms with Gasteiger partial charge in [-0.15, -0.1) is 0 Å². The van der Waals surface area contributed by atoms with Crippen molar-refractivity contribution in [2.45, 2.75) is 38.8 Å².